The van der Waals surface area contributed by atoms with Crippen LogP contribution in [0.2, 0.25) is 0 Å². The molecule has 2 rings (SSSR count). The van der Waals surface area contributed by atoms with Crippen molar-refractivity contribution in [2.24, 2.45) is 0 Å². The highest BCUT2D eigenvalue weighted by Crippen LogP contribution is 2.21. The van der Waals surface area contributed by atoms with E-state index in [0.717, 1.165) is 5.56 Å². The summed E-state index contributed by atoms with van der Waals surface area (Å²) < 4.78 is 30.0. The van der Waals surface area contributed by atoms with Crippen molar-refractivity contribution in [2.75, 3.05) is 19.8 Å². The fourth-order valence-corrected chi connectivity index (χ4v) is 3.62. The maximum absolute atomic E-state index is 12.4. The zero-order chi connectivity index (χ0) is 20.0. The van der Waals surface area contributed by atoms with E-state index in [-0.39, 0.29) is 17.1 Å². The van der Waals surface area contributed by atoms with Crippen LogP contribution < -0.4 is 0 Å². The molecule has 2 aromatic carbocycles. The van der Waals surface area contributed by atoms with E-state index >= 15 is 0 Å². The quantitative estimate of drug-likeness (QED) is 0.680. The first-order valence-corrected chi connectivity index (χ1v) is 10.1. The van der Waals surface area contributed by atoms with Gasteiger partial charge in [-0.05, 0) is 19.1 Å². The van der Waals surface area contributed by atoms with Gasteiger partial charge in [-0.15, -0.1) is 0 Å². The van der Waals surface area contributed by atoms with Crippen molar-refractivity contribution in [2.45, 2.75) is 24.3 Å². The van der Waals surface area contributed by atoms with E-state index < -0.39 is 27.8 Å². The van der Waals surface area contributed by atoms with E-state index in [9.17, 15) is 18.0 Å². The number of rotatable bonds is 7. The molecular weight excluding hydrogens is 366 g/mol. The van der Waals surface area contributed by atoms with Crippen LogP contribution in [0.3, 0.4) is 0 Å². The zero-order valence-electron chi connectivity index (χ0n) is 15.6. The molecule has 0 aliphatic carbocycles. The number of ether oxygens (including phenoxy) is 1. The average Bonchev–Trinajstić information content (AvgIpc) is 2.65. The topological polar surface area (TPSA) is 80.7 Å². The molecule has 1 atom stereocenters. The first-order valence-electron chi connectivity index (χ1n) is 8.46. The zero-order valence-corrected chi connectivity index (χ0v) is 16.4. The predicted molar refractivity (Wildman–Crippen MR) is 102 cm³/mol. The first kappa shape index (κ1) is 20.6. The summed E-state index contributed by atoms with van der Waals surface area (Å²) in [5.41, 5.74) is 1.48. The predicted octanol–water partition coefficient (Wildman–Crippen LogP) is 2.53. The van der Waals surface area contributed by atoms with Crippen LogP contribution in [-0.4, -0.2) is 45.0 Å². The lowest BCUT2D eigenvalue weighted by Crippen LogP contribution is -2.31. The lowest BCUT2D eigenvalue weighted by Gasteiger charge is -2.21. The molecule has 0 aliphatic rings. The minimum absolute atomic E-state index is 0.157. The van der Waals surface area contributed by atoms with Gasteiger partial charge >= 0.3 is 5.97 Å². The third-order valence-corrected chi connectivity index (χ3v) is 5.70. The van der Waals surface area contributed by atoms with E-state index in [2.05, 4.69) is 0 Å². The fraction of sp³-hybridized carbons (Fsp3) is 0.300. The normalized spacial score (nSPS) is 12.3. The van der Waals surface area contributed by atoms with E-state index in [1.165, 1.54) is 17.0 Å². The van der Waals surface area contributed by atoms with Crippen molar-refractivity contribution in [1.29, 1.82) is 0 Å². The molecule has 0 radical (unpaired) electrons. The highest BCUT2D eigenvalue weighted by Gasteiger charge is 2.27. The Bertz CT molecular complexity index is 890. The highest BCUT2D eigenvalue weighted by atomic mass is 32.2. The number of carbonyl (C=O) groups excluding carboxylic acids is 2. The lowest BCUT2D eigenvalue weighted by atomic mass is 10.1. The van der Waals surface area contributed by atoms with Crippen LogP contribution >= 0.6 is 0 Å². The molecule has 0 saturated carbocycles. The number of amides is 1. The van der Waals surface area contributed by atoms with Crippen LogP contribution in [0, 0.1) is 6.92 Å². The maximum atomic E-state index is 12.4. The summed E-state index contributed by atoms with van der Waals surface area (Å²) in [5, 5.41) is 0. The fourth-order valence-electron chi connectivity index (χ4n) is 2.39. The van der Waals surface area contributed by atoms with Crippen LogP contribution in [0.1, 0.15) is 23.7 Å². The van der Waals surface area contributed by atoms with Gasteiger partial charge in [-0.25, -0.2) is 8.42 Å². The summed E-state index contributed by atoms with van der Waals surface area (Å²) in [7, 11) is -0.478. The third-order valence-electron chi connectivity index (χ3n) is 3.97. The minimum atomic E-state index is -3.61. The largest absolute Gasteiger partial charge is 0.447 e. The second-order valence-electron chi connectivity index (χ2n) is 6.40. The molecule has 27 heavy (non-hydrogen) atoms. The molecule has 144 valence electrons. The molecular formula is C20H23NO5S. The van der Waals surface area contributed by atoms with Crippen LogP contribution in [0.15, 0.2) is 59.5 Å². The number of sulfone groups is 1. The molecule has 7 heteroatoms. The SMILES string of the molecule is Cc1ccc(S(=O)(=O)CCC(=O)O[C@H](C(=O)N(C)C)c2ccccc2)cc1. The number of esters is 1. The molecule has 1 amide bonds. The highest BCUT2D eigenvalue weighted by molar-refractivity contribution is 7.91. The summed E-state index contributed by atoms with van der Waals surface area (Å²) in [6.07, 6.45) is -1.43. The Morgan fingerprint density at radius 2 is 1.59 bits per heavy atom. The van der Waals surface area contributed by atoms with Crippen LogP contribution in [0.5, 0.6) is 0 Å². The Labute approximate surface area is 159 Å². The van der Waals surface area contributed by atoms with Gasteiger partial charge < -0.3 is 9.64 Å². The van der Waals surface area contributed by atoms with Gasteiger partial charge in [0.15, 0.2) is 9.84 Å². The van der Waals surface area contributed by atoms with Crippen molar-refractivity contribution < 1.29 is 22.7 Å². The number of carbonyl (C=O) groups is 2. The molecule has 0 aromatic heterocycles. The summed E-state index contributed by atoms with van der Waals surface area (Å²) in [4.78, 5) is 26.1. The summed E-state index contributed by atoms with van der Waals surface area (Å²) in [5.74, 6) is -1.52. The van der Waals surface area contributed by atoms with Gasteiger partial charge in [0.1, 0.15) is 0 Å². The molecule has 0 saturated heterocycles. The van der Waals surface area contributed by atoms with Gasteiger partial charge in [0.05, 0.1) is 17.1 Å². The van der Waals surface area contributed by atoms with Crippen molar-refractivity contribution in [3.63, 3.8) is 0 Å². The Morgan fingerprint density at radius 1 is 1.00 bits per heavy atom. The van der Waals surface area contributed by atoms with Crippen molar-refractivity contribution >= 4 is 21.7 Å². The standard InChI is InChI=1S/C20H23NO5S/c1-15-9-11-17(12-10-15)27(24,25)14-13-18(22)26-19(20(23)21(2)3)16-7-5-4-6-8-16/h4-12,19H,13-14H2,1-3H3/t19-/m0/s1. The Kier molecular flexibility index (Phi) is 6.74. The molecule has 0 fully saturated rings. The Balaban J connectivity index is 2.07. The van der Waals surface area contributed by atoms with E-state index in [4.69, 9.17) is 4.74 Å². The number of hydrogen-bond acceptors (Lipinski definition) is 5. The average molecular weight is 389 g/mol. The number of benzene rings is 2. The van der Waals surface area contributed by atoms with Crippen LogP contribution in [0.25, 0.3) is 0 Å². The van der Waals surface area contributed by atoms with Crippen LogP contribution in [-0.2, 0) is 24.2 Å². The Hall–Kier alpha value is -2.67. The number of nitrogens with zero attached hydrogens (tertiary/aromatic N) is 1. The molecule has 6 nitrogen and oxygen atoms in total. The summed E-state index contributed by atoms with van der Waals surface area (Å²) in [6.45, 7) is 1.86. The van der Waals surface area contributed by atoms with Crippen LogP contribution in [0.4, 0.5) is 0 Å². The minimum Gasteiger partial charge on any atom is -0.447 e. The van der Waals surface area contributed by atoms with Gasteiger partial charge in [0, 0.05) is 19.7 Å². The molecule has 0 unspecified atom stereocenters. The number of aryl methyl sites for hydroxylation is 1. The van der Waals surface area contributed by atoms with E-state index in [1.54, 1.807) is 56.6 Å². The van der Waals surface area contributed by atoms with Crippen molar-refractivity contribution in [1.82, 2.24) is 4.90 Å². The molecule has 0 spiro atoms. The monoisotopic (exact) mass is 389 g/mol. The Morgan fingerprint density at radius 3 is 2.15 bits per heavy atom. The maximum Gasteiger partial charge on any atom is 0.307 e. The number of hydrogen-bond donors (Lipinski definition) is 0. The van der Waals surface area contributed by atoms with Crippen molar-refractivity contribution in [3.05, 3.63) is 65.7 Å². The smallest absolute Gasteiger partial charge is 0.307 e. The van der Waals surface area contributed by atoms with E-state index in [1.807, 2.05) is 6.92 Å². The second-order valence-corrected chi connectivity index (χ2v) is 8.50. The molecule has 0 heterocycles. The van der Waals surface area contributed by atoms with Gasteiger partial charge in [-0.1, -0.05) is 48.0 Å². The molecule has 0 bridgehead atoms. The number of likely N-dealkylation sites (N-methyl/N-ethyl adjacent to an activating group) is 1. The van der Waals surface area contributed by atoms with Gasteiger partial charge in [0.25, 0.3) is 5.91 Å². The lowest BCUT2D eigenvalue weighted by molar-refractivity contribution is -0.159. The van der Waals surface area contributed by atoms with E-state index in [0.29, 0.717) is 5.56 Å². The molecule has 2 aromatic rings. The molecule has 0 N–H and O–H groups in total. The molecule has 0 aliphatic heterocycles. The first-order chi connectivity index (χ1) is 12.7. The second kappa shape index (κ2) is 8.81. The van der Waals surface area contributed by atoms with Gasteiger partial charge in [0.2, 0.25) is 6.10 Å². The van der Waals surface area contributed by atoms with Gasteiger partial charge in [-0.2, -0.15) is 0 Å². The summed E-state index contributed by atoms with van der Waals surface area (Å²) >= 11 is 0. The van der Waals surface area contributed by atoms with Crippen molar-refractivity contribution in [3.8, 4) is 0 Å². The summed E-state index contributed by atoms with van der Waals surface area (Å²) in [6, 6.07) is 15.1. The third kappa shape index (κ3) is 5.65. The van der Waals surface area contributed by atoms with Gasteiger partial charge in [-0.3, -0.25) is 9.59 Å².